The Bertz CT molecular complexity index is 859. The summed E-state index contributed by atoms with van der Waals surface area (Å²) in [6.07, 6.45) is 0.957. The molecule has 0 spiro atoms. The van der Waals surface area contributed by atoms with E-state index >= 15 is 0 Å². The summed E-state index contributed by atoms with van der Waals surface area (Å²) in [4.78, 5) is 51.2. The second-order valence-electron chi connectivity index (χ2n) is 8.48. The molecule has 11 heteroatoms. The molecule has 1 saturated heterocycles. The topological polar surface area (TPSA) is 182 Å². The first-order valence-electron chi connectivity index (χ1n) is 10.8. The first-order chi connectivity index (χ1) is 15.5. The zero-order chi connectivity index (χ0) is 24.7. The summed E-state index contributed by atoms with van der Waals surface area (Å²) < 4.78 is 0. The molecule has 1 aliphatic rings. The van der Waals surface area contributed by atoms with Gasteiger partial charge in [-0.15, -0.1) is 0 Å². The Morgan fingerprint density at radius 1 is 1.15 bits per heavy atom. The highest BCUT2D eigenvalue weighted by molar-refractivity contribution is 5.94. The first-order valence-corrected chi connectivity index (χ1v) is 10.8. The van der Waals surface area contributed by atoms with Crippen molar-refractivity contribution in [3.8, 4) is 5.75 Å². The molecule has 4 atom stereocenters. The number of hydrogen-bond acceptors (Lipinski definition) is 7. The van der Waals surface area contributed by atoms with E-state index in [0.717, 1.165) is 0 Å². The van der Waals surface area contributed by atoms with E-state index in [0.29, 0.717) is 24.9 Å². The van der Waals surface area contributed by atoms with Crippen LogP contribution >= 0.6 is 0 Å². The molecule has 1 aliphatic heterocycles. The number of aliphatic carboxylic acids is 1. The third-order valence-electron chi connectivity index (χ3n) is 5.59. The number of carbonyl (C=O) groups is 4. The molecule has 11 nitrogen and oxygen atoms in total. The maximum Gasteiger partial charge on any atom is 0.326 e. The number of nitrogens with zero attached hydrogens (tertiary/aromatic N) is 1. The average Bonchev–Trinajstić information content (AvgIpc) is 3.26. The van der Waals surface area contributed by atoms with Crippen LogP contribution in [0, 0.1) is 5.92 Å². The SMILES string of the molecule is CC(C)C(NC(=O)C1CCCN1C(=O)C(N)CO)C(=O)NC(Cc1ccc(O)cc1)C(=O)O. The van der Waals surface area contributed by atoms with Gasteiger partial charge in [-0.05, 0) is 36.5 Å². The van der Waals surface area contributed by atoms with E-state index in [1.165, 1.54) is 17.0 Å². The summed E-state index contributed by atoms with van der Waals surface area (Å²) in [5, 5.41) is 33.2. The van der Waals surface area contributed by atoms with Gasteiger partial charge in [-0.2, -0.15) is 0 Å². The van der Waals surface area contributed by atoms with E-state index in [9.17, 15) is 29.4 Å². The van der Waals surface area contributed by atoms with Crippen molar-refractivity contribution < 1.29 is 34.5 Å². The number of aromatic hydroxyl groups is 1. The van der Waals surface area contributed by atoms with Crippen LogP contribution in [0.2, 0.25) is 0 Å². The zero-order valence-corrected chi connectivity index (χ0v) is 18.7. The highest BCUT2D eigenvalue weighted by Gasteiger charge is 2.38. The molecule has 1 heterocycles. The van der Waals surface area contributed by atoms with Crippen molar-refractivity contribution in [3.05, 3.63) is 29.8 Å². The molecule has 0 aromatic heterocycles. The van der Waals surface area contributed by atoms with Crippen LogP contribution in [0.5, 0.6) is 5.75 Å². The molecule has 4 unspecified atom stereocenters. The number of nitrogens with one attached hydrogen (secondary N) is 2. The average molecular weight is 465 g/mol. The normalized spacial score (nSPS) is 18.5. The van der Waals surface area contributed by atoms with Gasteiger partial charge in [0.15, 0.2) is 0 Å². The van der Waals surface area contributed by atoms with Gasteiger partial charge in [0.25, 0.3) is 0 Å². The van der Waals surface area contributed by atoms with Crippen LogP contribution in [0.1, 0.15) is 32.3 Å². The minimum atomic E-state index is -1.24. The number of hydrogen-bond donors (Lipinski definition) is 6. The number of carboxylic acids is 1. The van der Waals surface area contributed by atoms with E-state index in [4.69, 9.17) is 10.8 Å². The number of carboxylic acid groups (broad SMARTS) is 1. The fourth-order valence-corrected chi connectivity index (χ4v) is 3.71. The third kappa shape index (κ3) is 6.90. The lowest BCUT2D eigenvalue weighted by Gasteiger charge is -2.29. The number of carbonyl (C=O) groups excluding carboxylic acids is 3. The molecule has 1 aromatic rings. The van der Waals surface area contributed by atoms with Crippen LogP contribution in [-0.4, -0.2) is 81.2 Å². The number of benzene rings is 1. The van der Waals surface area contributed by atoms with Gasteiger partial charge in [0.05, 0.1) is 6.61 Å². The van der Waals surface area contributed by atoms with Crippen LogP contribution < -0.4 is 16.4 Å². The summed E-state index contributed by atoms with van der Waals surface area (Å²) >= 11 is 0. The molecule has 2 rings (SSSR count). The number of rotatable bonds is 10. The molecule has 182 valence electrons. The minimum absolute atomic E-state index is 0.00985. The first kappa shape index (κ1) is 26.1. The Balaban J connectivity index is 2.08. The van der Waals surface area contributed by atoms with Crippen LogP contribution in [0.4, 0.5) is 0 Å². The highest BCUT2D eigenvalue weighted by atomic mass is 16.4. The molecule has 1 fully saturated rings. The van der Waals surface area contributed by atoms with E-state index in [1.807, 2.05) is 0 Å². The van der Waals surface area contributed by atoms with Gasteiger partial charge in [0.1, 0.15) is 29.9 Å². The van der Waals surface area contributed by atoms with E-state index in [2.05, 4.69) is 10.6 Å². The molecule has 3 amide bonds. The molecule has 0 bridgehead atoms. The Morgan fingerprint density at radius 2 is 1.79 bits per heavy atom. The molecular formula is C22H32N4O7. The van der Waals surface area contributed by atoms with Crippen LogP contribution in [-0.2, 0) is 25.6 Å². The van der Waals surface area contributed by atoms with Crippen LogP contribution in [0.3, 0.4) is 0 Å². The molecule has 1 aromatic carbocycles. The number of amides is 3. The number of aliphatic hydroxyl groups is 1. The van der Waals surface area contributed by atoms with Crippen molar-refractivity contribution in [2.24, 2.45) is 11.7 Å². The number of likely N-dealkylation sites (tertiary alicyclic amines) is 1. The molecule has 0 saturated carbocycles. The van der Waals surface area contributed by atoms with Crippen LogP contribution in [0.15, 0.2) is 24.3 Å². The smallest absolute Gasteiger partial charge is 0.326 e. The maximum atomic E-state index is 12.9. The summed E-state index contributed by atoms with van der Waals surface area (Å²) in [5.74, 6) is -3.30. The lowest BCUT2D eigenvalue weighted by atomic mass is 10.0. The number of aliphatic hydroxyl groups excluding tert-OH is 1. The van der Waals surface area contributed by atoms with Crippen LogP contribution in [0.25, 0.3) is 0 Å². The van der Waals surface area contributed by atoms with E-state index < -0.39 is 54.5 Å². The van der Waals surface area contributed by atoms with Crippen molar-refractivity contribution in [1.82, 2.24) is 15.5 Å². The van der Waals surface area contributed by atoms with Crippen molar-refractivity contribution in [3.63, 3.8) is 0 Å². The van der Waals surface area contributed by atoms with Gasteiger partial charge in [0.2, 0.25) is 17.7 Å². The summed E-state index contributed by atoms with van der Waals surface area (Å²) in [5.41, 5.74) is 6.21. The number of nitrogens with two attached hydrogens (primary N) is 1. The van der Waals surface area contributed by atoms with Gasteiger partial charge >= 0.3 is 5.97 Å². The molecular weight excluding hydrogens is 432 g/mol. The summed E-state index contributed by atoms with van der Waals surface area (Å²) in [7, 11) is 0. The van der Waals surface area contributed by atoms with Gasteiger partial charge in [-0.3, -0.25) is 14.4 Å². The molecule has 33 heavy (non-hydrogen) atoms. The van der Waals surface area contributed by atoms with Gasteiger partial charge in [-0.1, -0.05) is 26.0 Å². The van der Waals surface area contributed by atoms with Gasteiger partial charge < -0.3 is 36.6 Å². The van der Waals surface area contributed by atoms with E-state index in [-0.39, 0.29) is 18.1 Å². The molecule has 0 radical (unpaired) electrons. The Morgan fingerprint density at radius 3 is 2.33 bits per heavy atom. The standard InChI is InChI=1S/C22H32N4O7/c1-12(2)18(25-19(29)17-4-3-9-26(17)21(31)15(23)11-27)20(30)24-16(22(32)33)10-13-5-7-14(28)8-6-13/h5-8,12,15-18,27-28H,3-4,9-11,23H2,1-2H3,(H,24,30)(H,25,29)(H,32,33). The Kier molecular flexibility index (Phi) is 9.18. The number of phenols is 1. The minimum Gasteiger partial charge on any atom is -0.508 e. The van der Waals surface area contributed by atoms with Gasteiger partial charge in [0, 0.05) is 13.0 Å². The predicted octanol–water partition coefficient (Wildman–Crippen LogP) is -1.04. The number of phenolic OH excluding ortho intramolecular Hbond substituents is 1. The zero-order valence-electron chi connectivity index (χ0n) is 18.7. The fourth-order valence-electron chi connectivity index (χ4n) is 3.71. The van der Waals surface area contributed by atoms with E-state index in [1.54, 1.807) is 26.0 Å². The summed E-state index contributed by atoms with van der Waals surface area (Å²) in [6.45, 7) is 3.19. The lowest BCUT2D eigenvalue weighted by molar-refractivity contribution is -0.143. The fraction of sp³-hybridized carbons (Fsp3) is 0.545. The Hall–Kier alpha value is -3.18. The third-order valence-corrected chi connectivity index (χ3v) is 5.59. The largest absolute Gasteiger partial charge is 0.508 e. The predicted molar refractivity (Wildman–Crippen MR) is 118 cm³/mol. The molecule has 7 N–H and O–H groups in total. The summed E-state index contributed by atoms with van der Waals surface area (Å²) in [6, 6.07) is 1.74. The van der Waals surface area contributed by atoms with Gasteiger partial charge in [-0.25, -0.2) is 4.79 Å². The molecule has 0 aliphatic carbocycles. The van der Waals surface area contributed by atoms with Crippen molar-refractivity contribution >= 4 is 23.7 Å². The van der Waals surface area contributed by atoms with Crippen molar-refractivity contribution in [2.75, 3.05) is 13.2 Å². The monoisotopic (exact) mass is 464 g/mol. The second-order valence-corrected chi connectivity index (χ2v) is 8.48. The highest BCUT2D eigenvalue weighted by Crippen LogP contribution is 2.19. The lowest BCUT2D eigenvalue weighted by Crippen LogP contribution is -2.58. The Labute approximate surface area is 191 Å². The maximum absolute atomic E-state index is 12.9. The second kappa shape index (κ2) is 11.6. The van der Waals surface area contributed by atoms with Crippen molar-refractivity contribution in [2.45, 2.75) is 57.3 Å². The quantitative estimate of drug-likeness (QED) is 0.254. The van der Waals surface area contributed by atoms with Crippen molar-refractivity contribution in [1.29, 1.82) is 0 Å².